The van der Waals surface area contributed by atoms with Gasteiger partial charge in [0, 0.05) is 45.0 Å². The molecule has 0 radical (unpaired) electrons. The average molecular weight is 351 g/mol. The monoisotopic (exact) mass is 350 g/mol. The maximum absolute atomic E-state index is 5.86. The molecule has 1 fully saturated rings. The maximum atomic E-state index is 5.86. The lowest BCUT2D eigenvalue weighted by Crippen LogP contribution is -2.59. The molecule has 7 heteroatoms. The predicted molar refractivity (Wildman–Crippen MR) is 102 cm³/mol. The molecular formula is C18H34N6O. The number of aryl methyl sites for hydroxylation is 1. The first-order chi connectivity index (χ1) is 11.8. The Balaban J connectivity index is 1.95. The minimum Gasteiger partial charge on any atom is -0.373 e. The van der Waals surface area contributed by atoms with Crippen LogP contribution >= 0.6 is 0 Å². The van der Waals surface area contributed by atoms with Gasteiger partial charge in [0.15, 0.2) is 5.96 Å². The number of guanidine groups is 1. The number of nitrogens with zero attached hydrogens (tertiary/aromatic N) is 4. The van der Waals surface area contributed by atoms with Crippen molar-refractivity contribution in [3.05, 3.63) is 18.0 Å². The van der Waals surface area contributed by atoms with Crippen molar-refractivity contribution in [2.24, 2.45) is 12.0 Å². The van der Waals surface area contributed by atoms with E-state index in [2.05, 4.69) is 60.2 Å². The third kappa shape index (κ3) is 5.71. The SMILES string of the molecule is CCNC(=NCc1ccnn1C)NCC(C)(C)N1CC(C)OC(C)C1. The van der Waals surface area contributed by atoms with E-state index in [4.69, 9.17) is 4.74 Å². The molecule has 1 aliphatic rings. The smallest absolute Gasteiger partial charge is 0.191 e. The lowest BCUT2D eigenvalue weighted by atomic mass is 10.00. The van der Waals surface area contributed by atoms with E-state index in [9.17, 15) is 0 Å². The van der Waals surface area contributed by atoms with E-state index in [1.807, 2.05) is 17.8 Å². The van der Waals surface area contributed by atoms with Gasteiger partial charge in [-0.05, 0) is 40.7 Å². The molecule has 0 spiro atoms. The topological polar surface area (TPSA) is 66.7 Å². The number of hydrogen-bond donors (Lipinski definition) is 2. The summed E-state index contributed by atoms with van der Waals surface area (Å²) < 4.78 is 7.72. The lowest BCUT2D eigenvalue weighted by Gasteiger charge is -2.45. The Bertz CT molecular complexity index is 558. The van der Waals surface area contributed by atoms with E-state index in [1.165, 1.54) is 0 Å². The summed E-state index contributed by atoms with van der Waals surface area (Å²) in [5.41, 5.74) is 1.11. The molecule has 1 aliphatic heterocycles. The Morgan fingerprint density at radius 1 is 1.32 bits per heavy atom. The number of morpholine rings is 1. The molecule has 2 rings (SSSR count). The van der Waals surface area contributed by atoms with E-state index < -0.39 is 0 Å². The van der Waals surface area contributed by atoms with Crippen LogP contribution in [0.2, 0.25) is 0 Å². The quantitative estimate of drug-likeness (QED) is 0.599. The van der Waals surface area contributed by atoms with Gasteiger partial charge in [0.05, 0.1) is 24.4 Å². The molecule has 0 saturated carbocycles. The minimum atomic E-state index is 0.0228. The number of ether oxygens (including phenoxy) is 1. The highest BCUT2D eigenvalue weighted by atomic mass is 16.5. The summed E-state index contributed by atoms with van der Waals surface area (Å²) in [5, 5.41) is 11.0. The van der Waals surface area contributed by atoms with Gasteiger partial charge >= 0.3 is 0 Å². The molecule has 0 bridgehead atoms. The largest absolute Gasteiger partial charge is 0.373 e. The second-order valence-electron chi connectivity index (χ2n) is 7.47. The van der Waals surface area contributed by atoms with Crippen molar-refractivity contribution in [2.75, 3.05) is 26.2 Å². The normalized spacial score (nSPS) is 22.9. The summed E-state index contributed by atoms with van der Waals surface area (Å²) in [6.45, 7) is 15.1. The number of rotatable bonds is 6. The number of aliphatic imine (C=N–C) groups is 1. The first-order valence-electron chi connectivity index (χ1n) is 9.21. The summed E-state index contributed by atoms with van der Waals surface area (Å²) in [6.07, 6.45) is 2.35. The van der Waals surface area contributed by atoms with Gasteiger partial charge < -0.3 is 15.4 Å². The van der Waals surface area contributed by atoms with Gasteiger partial charge in [-0.2, -0.15) is 5.10 Å². The Kier molecular flexibility index (Phi) is 6.84. The van der Waals surface area contributed by atoms with E-state index in [-0.39, 0.29) is 17.7 Å². The zero-order valence-electron chi connectivity index (χ0n) is 16.5. The first-order valence-corrected chi connectivity index (χ1v) is 9.21. The van der Waals surface area contributed by atoms with Crippen LogP contribution in [-0.2, 0) is 18.3 Å². The summed E-state index contributed by atoms with van der Waals surface area (Å²) in [4.78, 5) is 7.19. The van der Waals surface area contributed by atoms with Crippen molar-refractivity contribution in [1.82, 2.24) is 25.3 Å². The molecule has 0 aromatic carbocycles. The molecule has 142 valence electrons. The second-order valence-corrected chi connectivity index (χ2v) is 7.47. The second kappa shape index (κ2) is 8.67. The lowest BCUT2D eigenvalue weighted by molar-refractivity contribution is -0.0946. The van der Waals surface area contributed by atoms with Crippen LogP contribution < -0.4 is 10.6 Å². The first kappa shape index (κ1) is 19.7. The fourth-order valence-corrected chi connectivity index (χ4v) is 3.14. The van der Waals surface area contributed by atoms with Crippen molar-refractivity contribution in [3.8, 4) is 0 Å². The highest BCUT2D eigenvalue weighted by molar-refractivity contribution is 5.79. The van der Waals surface area contributed by atoms with E-state index in [1.54, 1.807) is 6.20 Å². The van der Waals surface area contributed by atoms with Crippen LogP contribution in [0.5, 0.6) is 0 Å². The molecule has 2 atom stereocenters. The summed E-state index contributed by atoms with van der Waals surface area (Å²) >= 11 is 0. The molecule has 0 aliphatic carbocycles. The van der Waals surface area contributed by atoms with Crippen molar-refractivity contribution >= 4 is 5.96 Å². The zero-order valence-corrected chi connectivity index (χ0v) is 16.5. The van der Waals surface area contributed by atoms with Crippen LogP contribution in [0, 0.1) is 0 Å². The number of hydrogen-bond acceptors (Lipinski definition) is 4. The molecule has 2 N–H and O–H groups in total. The molecule has 7 nitrogen and oxygen atoms in total. The molecule has 25 heavy (non-hydrogen) atoms. The van der Waals surface area contributed by atoms with E-state index in [0.717, 1.165) is 37.8 Å². The van der Waals surface area contributed by atoms with Gasteiger partial charge in [-0.15, -0.1) is 0 Å². The third-order valence-electron chi connectivity index (χ3n) is 4.63. The van der Waals surface area contributed by atoms with Crippen LogP contribution in [0.4, 0.5) is 0 Å². The maximum Gasteiger partial charge on any atom is 0.191 e. The molecule has 1 saturated heterocycles. The van der Waals surface area contributed by atoms with Crippen LogP contribution in [0.3, 0.4) is 0 Å². The number of aromatic nitrogens is 2. The summed E-state index contributed by atoms with van der Waals surface area (Å²) in [5.74, 6) is 0.839. The predicted octanol–water partition coefficient (Wildman–Crippen LogP) is 1.36. The Labute approximate surface area is 151 Å². The van der Waals surface area contributed by atoms with Gasteiger partial charge in [-0.1, -0.05) is 0 Å². The highest BCUT2D eigenvalue weighted by Gasteiger charge is 2.33. The molecule has 2 heterocycles. The van der Waals surface area contributed by atoms with Crippen molar-refractivity contribution in [1.29, 1.82) is 0 Å². The van der Waals surface area contributed by atoms with Gasteiger partial charge in [0.2, 0.25) is 0 Å². The summed E-state index contributed by atoms with van der Waals surface area (Å²) in [6, 6.07) is 1.99. The fourth-order valence-electron chi connectivity index (χ4n) is 3.14. The third-order valence-corrected chi connectivity index (χ3v) is 4.63. The van der Waals surface area contributed by atoms with Gasteiger partial charge in [-0.25, -0.2) is 4.99 Å². The zero-order chi connectivity index (χ0) is 18.4. The number of nitrogens with one attached hydrogen (secondary N) is 2. The van der Waals surface area contributed by atoms with Gasteiger partial charge in [-0.3, -0.25) is 9.58 Å². The van der Waals surface area contributed by atoms with Crippen molar-refractivity contribution < 1.29 is 4.74 Å². The molecule has 2 unspecified atom stereocenters. The highest BCUT2D eigenvalue weighted by Crippen LogP contribution is 2.20. The molecule has 1 aromatic rings. The standard InChI is InChI=1S/C18H34N6O/c1-7-19-17(20-10-16-8-9-22-23(16)6)21-13-18(4,5)24-11-14(2)25-15(3)12-24/h8-9,14-15H,7,10-13H2,1-6H3,(H2,19,20,21). The molecule has 1 aromatic heterocycles. The minimum absolute atomic E-state index is 0.0228. The average Bonchev–Trinajstić information content (AvgIpc) is 2.94. The van der Waals surface area contributed by atoms with Crippen molar-refractivity contribution in [2.45, 2.75) is 58.9 Å². The van der Waals surface area contributed by atoms with Crippen molar-refractivity contribution in [3.63, 3.8) is 0 Å². The Morgan fingerprint density at radius 2 is 2.00 bits per heavy atom. The van der Waals surface area contributed by atoms with Crippen LogP contribution in [0.15, 0.2) is 17.3 Å². The summed E-state index contributed by atoms with van der Waals surface area (Å²) in [7, 11) is 1.94. The van der Waals surface area contributed by atoms with Gasteiger partial charge in [0.1, 0.15) is 0 Å². The van der Waals surface area contributed by atoms with Crippen LogP contribution in [0.25, 0.3) is 0 Å². The molecule has 0 amide bonds. The van der Waals surface area contributed by atoms with Crippen LogP contribution in [0.1, 0.15) is 40.3 Å². The fraction of sp³-hybridized carbons (Fsp3) is 0.778. The van der Waals surface area contributed by atoms with E-state index in [0.29, 0.717) is 6.54 Å². The molecular weight excluding hydrogens is 316 g/mol. The van der Waals surface area contributed by atoms with E-state index >= 15 is 0 Å². The van der Waals surface area contributed by atoms with Crippen LogP contribution in [-0.4, -0.2) is 64.6 Å². The Hall–Kier alpha value is -1.60. The Morgan fingerprint density at radius 3 is 2.56 bits per heavy atom. The van der Waals surface area contributed by atoms with Gasteiger partial charge in [0.25, 0.3) is 0 Å².